The topological polar surface area (TPSA) is 39.7 Å². The average molecular weight is 384 g/mol. The maximum absolute atomic E-state index is 12.2. The van der Waals surface area contributed by atoms with E-state index in [1.807, 2.05) is 6.07 Å². The van der Waals surface area contributed by atoms with Crippen LogP contribution in [0.5, 0.6) is 0 Å². The molecule has 2 N–H and O–H groups in total. The molecule has 7 heteroatoms. The van der Waals surface area contributed by atoms with Crippen LogP contribution in [0.4, 0.5) is 13.2 Å². The summed E-state index contributed by atoms with van der Waals surface area (Å²) in [6.45, 7) is 4.71. The van der Waals surface area contributed by atoms with Crippen molar-refractivity contribution in [2.45, 2.75) is 63.8 Å². The second-order valence-electron chi connectivity index (χ2n) is 7.24. The Hall–Kier alpha value is -1.76. The highest BCUT2D eigenvalue weighted by molar-refractivity contribution is 5.79. The predicted molar refractivity (Wildman–Crippen MR) is 104 cm³/mol. The van der Waals surface area contributed by atoms with E-state index in [1.54, 1.807) is 7.05 Å². The molecule has 0 aliphatic carbocycles. The van der Waals surface area contributed by atoms with Crippen LogP contribution in [0.1, 0.15) is 44.6 Å². The smallest absolute Gasteiger partial charge is 0.356 e. The van der Waals surface area contributed by atoms with Crippen LogP contribution in [-0.4, -0.2) is 49.3 Å². The lowest BCUT2D eigenvalue weighted by atomic mass is 9.97. The minimum Gasteiger partial charge on any atom is -0.356 e. The van der Waals surface area contributed by atoms with E-state index >= 15 is 0 Å². The summed E-state index contributed by atoms with van der Waals surface area (Å²) < 4.78 is 36.5. The molecule has 1 aliphatic heterocycles. The van der Waals surface area contributed by atoms with Crippen LogP contribution in [0.2, 0.25) is 0 Å². The number of aliphatic imine (C=N–C) groups is 1. The standard InChI is InChI=1S/C20H31F3N4/c1-16-14-18(10-13-27(16)15-17-8-4-3-5-9-17)26-19(24-2)25-12-7-6-11-20(21,22)23/h3-5,8-9,16,18H,6-7,10-15H2,1-2H3,(H2,24,25,26). The van der Waals surface area contributed by atoms with E-state index in [0.717, 1.165) is 25.9 Å². The Morgan fingerprint density at radius 2 is 1.96 bits per heavy atom. The molecule has 1 fully saturated rings. The third kappa shape index (κ3) is 8.20. The van der Waals surface area contributed by atoms with Gasteiger partial charge in [-0.3, -0.25) is 9.89 Å². The second-order valence-corrected chi connectivity index (χ2v) is 7.24. The van der Waals surface area contributed by atoms with Gasteiger partial charge in [-0.2, -0.15) is 13.2 Å². The fraction of sp³-hybridized carbons (Fsp3) is 0.650. The Labute approximate surface area is 160 Å². The molecule has 0 amide bonds. The average Bonchev–Trinajstić information content (AvgIpc) is 2.62. The van der Waals surface area contributed by atoms with E-state index in [2.05, 4.69) is 51.7 Å². The lowest BCUT2D eigenvalue weighted by Gasteiger charge is -2.38. The molecule has 2 unspecified atom stereocenters. The predicted octanol–water partition coefficient (Wildman–Crippen LogP) is 3.94. The largest absolute Gasteiger partial charge is 0.389 e. The fourth-order valence-electron chi connectivity index (χ4n) is 3.45. The zero-order chi connectivity index (χ0) is 19.7. The Bertz CT molecular complexity index is 574. The number of halogens is 3. The number of benzene rings is 1. The summed E-state index contributed by atoms with van der Waals surface area (Å²) in [5.74, 6) is 0.677. The third-order valence-corrected chi connectivity index (χ3v) is 4.99. The van der Waals surface area contributed by atoms with Crippen LogP contribution in [-0.2, 0) is 6.54 Å². The van der Waals surface area contributed by atoms with E-state index in [-0.39, 0.29) is 6.42 Å². The first-order valence-corrected chi connectivity index (χ1v) is 9.69. The van der Waals surface area contributed by atoms with Gasteiger partial charge >= 0.3 is 6.18 Å². The molecule has 0 spiro atoms. The zero-order valence-corrected chi connectivity index (χ0v) is 16.2. The second kappa shape index (κ2) is 10.5. The van der Waals surface area contributed by atoms with Crippen molar-refractivity contribution in [3.05, 3.63) is 35.9 Å². The van der Waals surface area contributed by atoms with Crippen molar-refractivity contribution in [3.63, 3.8) is 0 Å². The highest BCUT2D eigenvalue weighted by Gasteiger charge is 2.27. The van der Waals surface area contributed by atoms with Gasteiger partial charge in [0, 0.05) is 45.2 Å². The van der Waals surface area contributed by atoms with Crippen LogP contribution in [0.25, 0.3) is 0 Å². The van der Waals surface area contributed by atoms with Crippen molar-refractivity contribution in [1.82, 2.24) is 15.5 Å². The normalized spacial score (nSPS) is 21.9. The number of likely N-dealkylation sites (tertiary alicyclic amines) is 1. The maximum Gasteiger partial charge on any atom is 0.389 e. The molecule has 2 atom stereocenters. The van der Waals surface area contributed by atoms with Gasteiger partial charge in [-0.1, -0.05) is 30.3 Å². The summed E-state index contributed by atoms with van der Waals surface area (Å²) >= 11 is 0. The zero-order valence-electron chi connectivity index (χ0n) is 16.2. The maximum atomic E-state index is 12.2. The molecule has 0 radical (unpaired) electrons. The number of nitrogens with one attached hydrogen (secondary N) is 2. The van der Waals surface area contributed by atoms with Crippen LogP contribution >= 0.6 is 0 Å². The fourth-order valence-corrected chi connectivity index (χ4v) is 3.45. The monoisotopic (exact) mass is 384 g/mol. The highest BCUT2D eigenvalue weighted by atomic mass is 19.4. The van der Waals surface area contributed by atoms with Gasteiger partial charge in [0.25, 0.3) is 0 Å². The molecule has 1 saturated heterocycles. The molecule has 0 saturated carbocycles. The molecule has 1 aliphatic rings. The number of hydrogen-bond donors (Lipinski definition) is 2. The Kier molecular flexibility index (Phi) is 8.41. The number of alkyl halides is 3. The molecule has 2 rings (SSSR count). The van der Waals surface area contributed by atoms with Crippen molar-refractivity contribution < 1.29 is 13.2 Å². The van der Waals surface area contributed by atoms with E-state index in [1.165, 1.54) is 5.56 Å². The van der Waals surface area contributed by atoms with Crippen LogP contribution in [0, 0.1) is 0 Å². The van der Waals surface area contributed by atoms with Crippen molar-refractivity contribution in [2.24, 2.45) is 4.99 Å². The van der Waals surface area contributed by atoms with E-state index in [0.29, 0.717) is 31.0 Å². The summed E-state index contributed by atoms with van der Waals surface area (Å²) in [6.07, 6.45) is -2.13. The van der Waals surface area contributed by atoms with Gasteiger partial charge < -0.3 is 10.6 Å². The van der Waals surface area contributed by atoms with Crippen LogP contribution in [0.3, 0.4) is 0 Å². The van der Waals surface area contributed by atoms with Gasteiger partial charge in [-0.25, -0.2) is 0 Å². The van der Waals surface area contributed by atoms with Crippen molar-refractivity contribution in [1.29, 1.82) is 0 Å². The van der Waals surface area contributed by atoms with Crippen molar-refractivity contribution in [3.8, 4) is 0 Å². The number of nitrogens with zero attached hydrogens (tertiary/aromatic N) is 2. The Balaban J connectivity index is 1.69. The molecular formula is C20H31F3N4. The minimum absolute atomic E-state index is 0.141. The molecule has 4 nitrogen and oxygen atoms in total. The van der Waals surface area contributed by atoms with Crippen LogP contribution < -0.4 is 10.6 Å². The van der Waals surface area contributed by atoms with Crippen molar-refractivity contribution >= 4 is 5.96 Å². The van der Waals surface area contributed by atoms with Gasteiger partial charge in [0.15, 0.2) is 5.96 Å². The first-order valence-electron chi connectivity index (χ1n) is 9.69. The van der Waals surface area contributed by atoms with E-state index in [9.17, 15) is 13.2 Å². The Morgan fingerprint density at radius 3 is 2.59 bits per heavy atom. The molecule has 152 valence electrons. The van der Waals surface area contributed by atoms with Crippen molar-refractivity contribution in [2.75, 3.05) is 20.1 Å². The molecule has 27 heavy (non-hydrogen) atoms. The first kappa shape index (κ1) is 21.5. The molecule has 1 aromatic carbocycles. The summed E-state index contributed by atoms with van der Waals surface area (Å²) in [4.78, 5) is 6.69. The summed E-state index contributed by atoms with van der Waals surface area (Å²) in [6, 6.07) is 11.3. The van der Waals surface area contributed by atoms with Gasteiger partial charge in [-0.15, -0.1) is 0 Å². The molecule has 1 heterocycles. The minimum atomic E-state index is -4.07. The summed E-state index contributed by atoms with van der Waals surface area (Å²) in [7, 11) is 1.69. The lowest BCUT2D eigenvalue weighted by molar-refractivity contribution is -0.135. The van der Waals surface area contributed by atoms with Gasteiger partial charge in [-0.05, 0) is 38.2 Å². The molecule has 0 aromatic heterocycles. The number of rotatable bonds is 7. The van der Waals surface area contributed by atoms with Crippen LogP contribution in [0.15, 0.2) is 35.3 Å². The Morgan fingerprint density at radius 1 is 1.22 bits per heavy atom. The van der Waals surface area contributed by atoms with Gasteiger partial charge in [0.2, 0.25) is 0 Å². The molecule has 0 bridgehead atoms. The molecule has 1 aromatic rings. The SMILES string of the molecule is CN=C(NCCCCC(F)(F)F)NC1CCN(Cc2ccccc2)C(C)C1. The number of piperidine rings is 1. The van der Waals surface area contributed by atoms with E-state index in [4.69, 9.17) is 0 Å². The highest BCUT2D eigenvalue weighted by Crippen LogP contribution is 2.22. The molecular weight excluding hydrogens is 353 g/mol. The number of hydrogen-bond acceptors (Lipinski definition) is 2. The third-order valence-electron chi connectivity index (χ3n) is 4.99. The van der Waals surface area contributed by atoms with Gasteiger partial charge in [0.05, 0.1) is 0 Å². The number of unbranched alkanes of at least 4 members (excludes halogenated alkanes) is 1. The number of guanidine groups is 1. The summed E-state index contributed by atoms with van der Waals surface area (Å²) in [5.41, 5.74) is 1.33. The van der Waals surface area contributed by atoms with Gasteiger partial charge in [0.1, 0.15) is 0 Å². The first-order chi connectivity index (χ1) is 12.9. The lowest BCUT2D eigenvalue weighted by Crippen LogP contribution is -2.51. The quantitative estimate of drug-likeness (QED) is 0.425. The summed E-state index contributed by atoms with van der Waals surface area (Å²) in [5, 5.41) is 6.54. The van der Waals surface area contributed by atoms with E-state index < -0.39 is 12.6 Å².